The second-order valence-corrected chi connectivity index (χ2v) is 6.92. The van der Waals surface area contributed by atoms with Crippen LogP contribution in [0.3, 0.4) is 0 Å². The van der Waals surface area contributed by atoms with Gasteiger partial charge in [0.2, 0.25) is 0 Å². The Morgan fingerprint density at radius 2 is 2.23 bits per heavy atom. The molecule has 5 nitrogen and oxygen atoms in total. The Labute approximate surface area is 140 Å². The quantitative estimate of drug-likeness (QED) is 0.583. The van der Waals surface area contributed by atoms with E-state index in [1.165, 1.54) is 5.56 Å². The molecule has 2 atom stereocenters. The maximum absolute atomic E-state index is 10.9. The molecule has 22 heavy (non-hydrogen) atoms. The first kappa shape index (κ1) is 15.5. The van der Waals surface area contributed by atoms with E-state index in [0.29, 0.717) is 0 Å². The van der Waals surface area contributed by atoms with Crippen molar-refractivity contribution in [1.29, 1.82) is 0 Å². The third kappa shape index (κ3) is 3.16. The van der Waals surface area contributed by atoms with E-state index in [-0.39, 0.29) is 22.8 Å². The molecule has 1 saturated heterocycles. The zero-order chi connectivity index (χ0) is 15.7. The lowest BCUT2D eigenvalue weighted by Gasteiger charge is -2.38. The molecule has 0 N–H and O–H groups in total. The number of hydrogen-bond donors (Lipinski definition) is 0. The fourth-order valence-electron chi connectivity index (χ4n) is 2.66. The van der Waals surface area contributed by atoms with Crippen LogP contribution in [0.4, 0.5) is 11.4 Å². The summed E-state index contributed by atoms with van der Waals surface area (Å²) in [7, 11) is 0. The summed E-state index contributed by atoms with van der Waals surface area (Å²) in [6.45, 7) is 3.54. The van der Waals surface area contributed by atoms with Crippen LogP contribution in [0.25, 0.3) is 0 Å². The fourth-order valence-corrected chi connectivity index (χ4v) is 3.98. The van der Waals surface area contributed by atoms with Crippen LogP contribution in [0.5, 0.6) is 0 Å². The number of anilines is 1. The molecule has 1 aliphatic rings. The van der Waals surface area contributed by atoms with Crippen LogP contribution in [-0.2, 0) is 4.74 Å². The van der Waals surface area contributed by atoms with Gasteiger partial charge < -0.3 is 9.64 Å². The van der Waals surface area contributed by atoms with Crippen LogP contribution in [0, 0.1) is 10.1 Å². The molecule has 2 aromatic rings. The van der Waals surface area contributed by atoms with E-state index in [0.717, 1.165) is 23.2 Å². The highest BCUT2D eigenvalue weighted by Gasteiger charge is 2.28. The largest absolute Gasteiger partial charge is 0.367 e. The van der Waals surface area contributed by atoms with Gasteiger partial charge >= 0.3 is 0 Å². The van der Waals surface area contributed by atoms with Crippen molar-refractivity contribution in [3.63, 3.8) is 0 Å². The van der Waals surface area contributed by atoms with E-state index < -0.39 is 0 Å². The number of nitro benzene ring substituents is 1. The molecule has 2 unspecified atom stereocenters. The first-order chi connectivity index (χ1) is 10.5. The van der Waals surface area contributed by atoms with Gasteiger partial charge in [-0.3, -0.25) is 10.1 Å². The molecule has 0 bridgehead atoms. The zero-order valence-corrected chi connectivity index (χ0v) is 14.3. The summed E-state index contributed by atoms with van der Waals surface area (Å²) >= 11 is 5.11. The van der Waals surface area contributed by atoms with E-state index in [9.17, 15) is 10.1 Å². The highest BCUT2D eigenvalue weighted by atomic mass is 79.9. The molecule has 0 spiro atoms. The molecule has 2 heterocycles. The third-order valence-corrected chi connectivity index (χ3v) is 4.99. The molecule has 0 radical (unpaired) electrons. The summed E-state index contributed by atoms with van der Waals surface area (Å²) in [4.78, 5) is 12.7. The molecular weight excluding hydrogens is 368 g/mol. The number of non-ortho nitro benzene ring substituents is 1. The standard InChI is InChI=1S/C15H15BrN2O3S/c1-10-7-17(8-15(21-10)11-4-5-22-9-11)14-3-2-12(18(19)20)6-13(14)16/h2-6,9-10,15H,7-8H2,1H3. The van der Waals surface area contributed by atoms with Gasteiger partial charge in [-0.25, -0.2) is 0 Å². The van der Waals surface area contributed by atoms with Crippen molar-refractivity contribution in [3.8, 4) is 0 Å². The van der Waals surface area contributed by atoms with E-state index >= 15 is 0 Å². The number of hydrogen-bond acceptors (Lipinski definition) is 5. The number of halogens is 1. The normalized spacial score (nSPS) is 21.8. The molecule has 3 rings (SSSR count). The third-order valence-electron chi connectivity index (χ3n) is 3.66. The van der Waals surface area contributed by atoms with Gasteiger partial charge in [0.1, 0.15) is 6.10 Å². The number of ether oxygens (including phenoxy) is 1. The Morgan fingerprint density at radius 3 is 2.86 bits per heavy atom. The highest BCUT2D eigenvalue weighted by Crippen LogP contribution is 2.35. The van der Waals surface area contributed by atoms with Gasteiger partial charge in [0.15, 0.2) is 0 Å². The number of benzene rings is 1. The summed E-state index contributed by atoms with van der Waals surface area (Å²) in [6, 6.07) is 6.97. The lowest BCUT2D eigenvalue weighted by molar-refractivity contribution is -0.384. The monoisotopic (exact) mass is 382 g/mol. The van der Waals surface area contributed by atoms with Gasteiger partial charge in [0, 0.05) is 29.7 Å². The van der Waals surface area contributed by atoms with Gasteiger partial charge in [-0.1, -0.05) is 0 Å². The smallest absolute Gasteiger partial charge is 0.270 e. The molecule has 1 aromatic carbocycles. The van der Waals surface area contributed by atoms with E-state index in [4.69, 9.17) is 4.74 Å². The molecule has 0 amide bonds. The molecule has 0 saturated carbocycles. The second kappa shape index (κ2) is 6.36. The van der Waals surface area contributed by atoms with Crippen molar-refractivity contribution in [2.24, 2.45) is 0 Å². The van der Waals surface area contributed by atoms with E-state index in [1.54, 1.807) is 29.5 Å². The Bertz CT molecular complexity index is 677. The summed E-state index contributed by atoms with van der Waals surface area (Å²) < 4.78 is 6.76. The maximum Gasteiger partial charge on any atom is 0.270 e. The molecule has 1 aromatic heterocycles. The van der Waals surface area contributed by atoms with Crippen LogP contribution in [0.15, 0.2) is 39.5 Å². The summed E-state index contributed by atoms with van der Waals surface area (Å²) in [5.74, 6) is 0. The van der Waals surface area contributed by atoms with Crippen LogP contribution < -0.4 is 4.90 Å². The SMILES string of the molecule is CC1CN(c2ccc([N+](=O)[O-])cc2Br)CC(c2ccsc2)O1. The lowest BCUT2D eigenvalue weighted by Crippen LogP contribution is -2.43. The average Bonchev–Trinajstić information content (AvgIpc) is 3.00. The molecule has 1 aliphatic heterocycles. The second-order valence-electron chi connectivity index (χ2n) is 5.29. The Morgan fingerprint density at radius 1 is 1.41 bits per heavy atom. The molecule has 1 fully saturated rings. The van der Waals surface area contributed by atoms with E-state index in [2.05, 4.69) is 32.3 Å². The predicted octanol–water partition coefficient (Wildman–Crippen LogP) is 4.39. The van der Waals surface area contributed by atoms with E-state index in [1.807, 2.05) is 12.3 Å². The Kier molecular flexibility index (Phi) is 4.46. The van der Waals surface area contributed by atoms with Crippen molar-refractivity contribution in [2.75, 3.05) is 18.0 Å². The molecule has 116 valence electrons. The van der Waals surface area contributed by atoms with Crippen molar-refractivity contribution >= 4 is 38.6 Å². The topological polar surface area (TPSA) is 55.6 Å². The van der Waals surface area contributed by atoms with Gasteiger partial charge in [-0.15, -0.1) is 0 Å². The summed E-state index contributed by atoms with van der Waals surface area (Å²) in [5, 5.41) is 15.0. The number of rotatable bonds is 3. The van der Waals surface area contributed by atoms with Crippen LogP contribution in [-0.4, -0.2) is 24.1 Å². The zero-order valence-electron chi connectivity index (χ0n) is 11.9. The summed E-state index contributed by atoms with van der Waals surface area (Å²) in [5.41, 5.74) is 2.23. The Hall–Kier alpha value is -1.44. The minimum absolute atomic E-state index is 0.0251. The maximum atomic E-state index is 10.9. The summed E-state index contributed by atoms with van der Waals surface area (Å²) in [6.07, 6.45) is 0.123. The van der Waals surface area contributed by atoms with Gasteiger partial charge in [0.25, 0.3) is 5.69 Å². The number of nitro groups is 1. The minimum atomic E-state index is -0.384. The van der Waals surface area contributed by atoms with Crippen molar-refractivity contribution in [2.45, 2.75) is 19.1 Å². The van der Waals surface area contributed by atoms with Gasteiger partial charge in [-0.2, -0.15) is 11.3 Å². The fraction of sp³-hybridized carbons (Fsp3) is 0.333. The van der Waals surface area contributed by atoms with Gasteiger partial charge in [0.05, 0.1) is 16.7 Å². The first-order valence-corrected chi connectivity index (χ1v) is 8.64. The van der Waals surface area contributed by atoms with Crippen molar-refractivity contribution in [3.05, 3.63) is 55.2 Å². The molecular formula is C15H15BrN2O3S. The van der Waals surface area contributed by atoms with Crippen LogP contribution in [0.2, 0.25) is 0 Å². The van der Waals surface area contributed by atoms with Crippen LogP contribution in [0.1, 0.15) is 18.6 Å². The first-order valence-electron chi connectivity index (χ1n) is 6.91. The van der Waals surface area contributed by atoms with Crippen molar-refractivity contribution < 1.29 is 9.66 Å². The number of thiophene rings is 1. The number of nitrogens with zero attached hydrogens (tertiary/aromatic N) is 2. The minimum Gasteiger partial charge on any atom is -0.367 e. The molecule has 7 heteroatoms. The highest BCUT2D eigenvalue weighted by molar-refractivity contribution is 9.10. The lowest BCUT2D eigenvalue weighted by atomic mass is 10.1. The van der Waals surface area contributed by atoms with Crippen LogP contribution >= 0.6 is 27.3 Å². The predicted molar refractivity (Wildman–Crippen MR) is 90.6 cm³/mol. The van der Waals surface area contributed by atoms with Crippen molar-refractivity contribution in [1.82, 2.24) is 0 Å². The Balaban J connectivity index is 1.86. The number of morpholine rings is 1. The average molecular weight is 383 g/mol. The molecule has 0 aliphatic carbocycles. The van der Waals surface area contributed by atoms with Gasteiger partial charge in [-0.05, 0) is 51.3 Å².